The van der Waals surface area contributed by atoms with Gasteiger partial charge in [0.05, 0.1) is 14.2 Å². The van der Waals surface area contributed by atoms with Crippen LogP contribution in [0.1, 0.15) is 32.1 Å². The van der Waals surface area contributed by atoms with E-state index in [9.17, 15) is 9.59 Å². The summed E-state index contributed by atoms with van der Waals surface area (Å²) in [5, 5.41) is 0. The summed E-state index contributed by atoms with van der Waals surface area (Å²) in [7, 11) is 2.71. The van der Waals surface area contributed by atoms with Crippen LogP contribution >= 0.6 is 0 Å². The molecule has 17 heavy (non-hydrogen) atoms. The van der Waals surface area contributed by atoms with Crippen molar-refractivity contribution >= 4 is 11.9 Å². The Morgan fingerprint density at radius 1 is 0.941 bits per heavy atom. The first-order valence-corrected chi connectivity index (χ1v) is 6.30. The number of methoxy groups -OCH3 is 2. The molecule has 4 heteroatoms. The second kappa shape index (κ2) is 3.24. The molecule has 0 spiro atoms. The number of carbonyl (C=O) groups excluding carboxylic acids is 2. The lowest BCUT2D eigenvalue weighted by Gasteiger charge is -2.22. The molecular formula is C13H18O4. The molecule has 0 unspecified atom stereocenters. The van der Waals surface area contributed by atoms with Gasteiger partial charge in [-0.3, -0.25) is 9.59 Å². The molecule has 0 amide bonds. The predicted molar refractivity (Wildman–Crippen MR) is 59.0 cm³/mol. The van der Waals surface area contributed by atoms with Gasteiger partial charge in [0, 0.05) is 5.41 Å². The van der Waals surface area contributed by atoms with Gasteiger partial charge in [0.2, 0.25) is 0 Å². The highest BCUT2D eigenvalue weighted by molar-refractivity contribution is 6.05. The summed E-state index contributed by atoms with van der Waals surface area (Å²) in [6, 6.07) is 0. The Bertz CT molecular complexity index is 351. The summed E-state index contributed by atoms with van der Waals surface area (Å²) in [5.74, 6) is 0.299. The minimum atomic E-state index is -0.973. The van der Waals surface area contributed by atoms with Crippen LogP contribution in [0.25, 0.3) is 0 Å². The average molecular weight is 238 g/mol. The Hall–Kier alpha value is -1.06. The standard InChI is InChI=1S/C13H18O4/c1-16-10(14)13(11(15)17-2)7-12(13,8-3-4-8)9-5-6-9/h8-9H,3-7H2,1-2H3. The van der Waals surface area contributed by atoms with Crippen LogP contribution < -0.4 is 0 Å². The van der Waals surface area contributed by atoms with Crippen LogP contribution in [0.15, 0.2) is 0 Å². The van der Waals surface area contributed by atoms with Crippen molar-refractivity contribution in [3.8, 4) is 0 Å². The molecule has 0 saturated heterocycles. The van der Waals surface area contributed by atoms with Gasteiger partial charge in [-0.15, -0.1) is 0 Å². The molecular weight excluding hydrogens is 220 g/mol. The molecule has 3 fully saturated rings. The van der Waals surface area contributed by atoms with E-state index in [1.807, 2.05) is 0 Å². The topological polar surface area (TPSA) is 52.6 Å². The molecule has 3 aliphatic rings. The van der Waals surface area contributed by atoms with Crippen molar-refractivity contribution in [3.63, 3.8) is 0 Å². The van der Waals surface area contributed by atoms with Crippen molar-refractivity contribution in [2.24, 2.45) is 22.7 Å². The summed E-state index contributed by atoms with van der Waals surface area (Å²) in [5.41, 5.74) is -1.09. The quantitative estimate of drug-likeness (QED) is 0.550. The average Bonchev–Trinajstić information content (AvgIpc) is 3.14. The zero-order valence-corrected chi connectivity index (χ0v) is 10.3. The maximum Gasteiger partial charge on any atom is 0.323 e. The third-order valence-electron chi connectivity index (χ3n) is 4.91. The van der Waals surface area contributed by atoms with Crippen LogP contribution in [0.3, 0.4) is 0 Å². The molecule has 0 heterocycles. The van der Waals surface area contributed by atoms with Crippen molar-refractivity contribution < 1.29 is 19.1 Å². The van der Waals surface area contributed by atoms with E-state index in [1.54, 1.807) is 0 Å². The molecule has 0 aromatic rings. The fraction of sp³-hybridized carbons (Fsp3) is 0.846. The Labute approximate surface area is 101 Å². The lowest BCUT2D eigenvalue weighted by atomic mass is 9.83. The van der Waals surface area contributed by atoms with Crippen LogP contribution in [0.2, 0.25) is 0 Å². The van der Waals surface area contributed by atoms with Gasteiger partial charge in [0.25, 0.3) is 0 Å². The van der Waals surface area contributed by atoms with Gasteiger partial charge < -0.3 is 9.47 Å². The maximum absolute atomic E-state index is 12.1. The number of hydrogen-bond donors (Lipinski definition) is 0. The van der Waals surface area contributed by atoms with E-state index in [0.717, 1.165) is 25.7 Å². The van der Waals surface area contributed by atoms with E-state index < -0.39 is 5.41 Å². The number of esters is 2. The smallest absolute Gasteiger partial charge is 0.323 e. The second-order valence-corrected chi connectivity index (χ2v) is 5.65. The van der Waals surface area contributed by atoms with E-state index in [-0.39, 0.29) is 17.4 Å². The summed E-state index contributed by atoms with van der Waals surface area (Å²) >= 11 is 0. The third kappa shape index (κ3) is 1.19. The molecule has 0 bridgehead atoms. The predicted octanol–water partition coefficient (Wildman–Crippen LogP) is 1.53. The minimum Gasteiger partial charge on any atom is -0.468 e. The summed E-state index contributed by atoms with van der Waals surface area (Å²) in [4.78, 5) is 24.1. The first kappa shape index (κ1) is 11.1. The Balaban J connectivity index is 1.97. The lowest BCUT2D eigenvalue weighted by Crippen LogP contribution is -2.36. The first-order chi connectivity index (χ1) is 8.13. The van der Waals surface area contributed by atoms with Gasteiger partial charge in [-0.25, -0.2) is 0 Å². The highest BCUT2D eigenvalue weighted by Gasteiger charge is 2.84. The van der Waals surface area contributed by atoms with E-state index in [1.165, 1.54) is 14.2 Å². The zero-order valence-electron chi connectivity index (χ0n) is 10.3. The van der Waals surface area contributed by atoms with E-state index in [2.05, 4.69) is 0 Å². The van der Waals surface area contributed by atoms with Gasteiger partial charge in [0.15, 0.2) is 5.41 Å². The van der Waals surface area contributed by atoms with Crippen molar-refractivity contribution in [1.82, 2.24) is 0 Å². The molecule has 3 aliphatic carbocycles. The number of hydrogen-bond acceptors (Lipinski definition) is 4. The molecule has 0 atom stereocenters. The summed E-state index contributed by atoms with van der Waals surface area (Å²) < 4.78 is 9.74. The van der Waals surface area contributed by atoms with Gasteiger partial charge in [-0.2, -0.15) is 0 Å². The Kier molecular flexibility index (Phi) is 2.11. The van der Waals surface area contributed by atoms with Crippen molar-refractivity contribution in [2.45, 2.75) is 32.1 Å². The first-order valence-electron chi connectivity index (χ1n) is 6.30. The van der Waals surface area contributed by atoms with Crippen LogP contribution in [0, 0.1) is 22.7 Å². The van der Waals surface area contributed by atoms with Crippen LogP contribution in [0.4, 0.5) is 0 Å². The highest BCUT2D eigenvalue weighted by Crippen LogP contribution is 2.81. The monoisotopic (exact) mass is 238 g/mol. The SMILES string of the molecule is COC(=O)C1(C(=O)OC)CC1(C1CC1)C1CC1. The van der Waals surface area contributed by atoms with Crippen molar-refractivity contribution in [3.05, 3.63) is 0 Å². The fourth-order valence-electron chi connectivity index (χ4n) is 3.87. The van der Waals surface area contributed by atoms with Gasteiger partial charge in [-0.1, -0.05) is 0 Å². The van der Waals surface area contributed by atoms with Crippen molar-refractivity contribution in [1.29, 1.82) is 0 Å². The van der Waals surface area contributed by atoms with E-state index in [0.29, 0.717) is 18.3 Å². The largest absolute Gasteiger partial charge is 0.468 e. The van der Waals surface area contributed by atoms with Crippen molar-refractivity contribution in [2.75, 3.05) is 14.2 Å². The van der Waals surface area contributed by atoms with Crippen LogP contribution in [-0.2, 0) is 19.1 Å². The molecule has 3 saturated carbocycles. The van der Waals surface area contributed by atoms with E-state index in [4.69, 9.17) is 9.47 Å². The summed E-state index contributed by atoms with van der Waals surface area (Å²) in [6.07, 6.45) is 5.23. The molecule has 0 aliphatic heterocycles. The lowest BCUT2D eigenvalue weighted by molar-refractivity contribution is -0.164. The normalized spacial score (nSPS) is 28.4. The maximum atomic E-state index is 12.1. The molecule has 94 valence electrons. The molecule has 3 rings (SSSR count). The van der Waals surface area contributed by atoms with Gasteiger partial charge in [0.1, 0.15) is 0 Å². The van der Waals surface area contributed by atoms with Gasteiger partial charge >= 0.3 is 11.9 Å². The summed E-state index contributed by atoms with van der Waals surface area (Å²) in [6.45, 7) is 0. The minimum absolute atomic E-state index is 0.118. The molecule has 4 nitrogen and oxygen atoms in total. The van der Waals surface area contributed by atoms with Gasteiger partial charge in [-0.05, 0) is 43.9 Å². The fourth-order valence-corrected chi connectivity index (χ4v) is 3.87. The third-order valence-corrected chi connectivity index (χ3v) is 4.91. The molecule has 0 radical (unpaired) electrons. The molecule has 0 aromatic carbocycles. The molecule has 0 aromatic heterocycles. The Morgan fingerprint density at radius 3 is 1.65 bits per heavy atom. The number of ether oxygens (including phenoxy) is 2. The number of rotatable bonds is 4. The number of carbonyl (C=O) groups is 2. The molecule has 0 N–H and O–H groups in total. The highest BCUT2D eigenvalue weighted by atomic mass is 16.5. The second-order valence-electron chi connectivity index (χ2n) is 5.65. The zero-order chi connectivity index (χ0) is 12.3. The van der Waals surface area contributed by atoms with Crippen LogP contribution in [0.5, 0.6) is 0 Å². The van der Waals surface area contributed by atoms with Crippen LogP contribution in [-0.4, -0.2) is 26.2 Å². The van der Waals surface area contributed by atoms with E-state index >= 15 is 0 Å². The Morgan fingerprint density at radius 2 is 1.35 bits per heavy atom.